The van der Waals surface area contributed by atoms with E-state index in [0.717, 1.165) is 30.3 Å². The van der Waals surface area contributed by atoms with E-state index in [-0.39, 0.29) is 12.2 Å². The van der Waals surface area contributed by atoms with Gasteiger partial charge >= 0.3 is 5.69 Å². The van der Waals surface area contributed by atoms with Gasteiger partial charge in [0, 0.05) is 24.4 Å². The average molecular weight is 282 g/mol. The Morgan fingerprint density at radius 1 is 1.05 bits per heavy atom. The number of rotatable bonds is 4. The summed E-state index contributed by atoms with van der Waals surface area (Å²) in [6.45, 7) is 0.0812. The predicted octanol–water partition coefficient (Wildman–Crippen LogP) is 3.62. The van der Waals surface area contributed by atoms with Gasteiger partial charge in [-0.2, -0.15) is 4.39 Å². The van der Waals surface area contributed by atoms with Crippen LogP contribution in [0.25, 0.3) is 0 Å². The van der Waals surface area contributed by atoms with Crippen molar-refractivity contribution in [3.8, 4) is 0 Å². The molecule has 2 aromatic carbocycles. The van der Waals surface area contributed by atoms with Crippen LogP contribution in [0.3, 0.4) is 0 Å². The number of halogens is 3. The summed E-state index contributed by atoms with van der Waals surface area (Å²) in [7, 11) is 0. The van der Waals surface area contributed by atoms with Crippen molar-refractivity contribution in [2.45, 2.75) is 6.54 Å². The highest BCUT2D eigenvalue weighted by molar-refractivity contribution is 5.45. The third kappa shape index (κ3) is 3.25. The number of hydrogen-bond acceptors (Lipinski definition) is 3. The van der Waals surface area contributed by atoms with E-state index in [1.807, 2.05) is 0 Å². The molecule has 20 heavy (non-hydrogen) atoms. The standard InChI is InChI=1S/C13H9F3N2O2/c14-9-4-10(15)6-11(5-9)17-7-8-1-2-13(18(19)20)12(16)3-8/h1-6,17H,7H2. The maximum Gasteiger partial charge on any atom is 0.304 e. The van der Waals surface area contributed by atoms with E-state index < -0.39 is 28.1 Å². The van der Waals surface area contributed by atoms with Crippen molar-refractivity contribution in [1.29, 1.82) is 0 Å². The Kier molecular flexibility index (Phi) is 3.88. The van der Waals surface area contributed by atoms with Gasteiger partial charge in [0.25, 0.3) is 0 Å². The molecule has 0 saturated carbocycles. The fourth-order valence-electron chi connectivity index (χ4n) is 1.67. The molecule has 0 spiro atoms. The van der Waals surface area contributed by atoms with Gasteiger partial charge in [0.15, 0.2) is 0 Å². The first-order chi connectivity index (χ1) is 9.45. The molecule has 104 valence electrons. The fraction of sp³-hybridized carbons (Fsp3) is 0.0769. The zero-order valence-electron chi connectivity index (χ0n) is 10.1. The number of benzene rings is 2. The summed E-state index contributed by atoms with van der Waals surface area (Å²) in [5, 5.41) is 13.2. The van der Waals surface area contributed by atoms with Crippen LogP contribution < -0.4 is 5.32 Å². The number of nitro benzene ring substituents is 1. The van der Waals surface area contributed by atoms with Gasteiger partial charge < -0.3 is 5.32 Å². The lowest BCUT2D eigenvalue weighted by atomic mass is 10.2. The van der Waals surface area contributed by atoms with Crippen LogP contribution in [0.15, 0.2) is 36.4 Å². The normalized spacial score (nSPS) is 10.3. The summed E-state index contributed by atoms with van der Waals surface area (Å²) in [4.78, 5) is 9.63. The van der Waals surface area contributed by atoms with Crippen LogP contribution >= 0.6 is 0 Å². The third-order valence-corrected chi connectivity index (χ3v) is 2.57. The van der Waals surface area contributed by atoms with Gasteiger partial charge in [0.05, 0.1) is 4.92 Å². The first-order valence-electron chi connectivity index (χ1n) is 5.58. The SMILES string of the molecule is O=[N+]([O-])c1ccc(CNc2cc(F)cc(F)c2)cc1F. The molecular formula is C13H9F3N2O2. The highest BCUT2D eigenvalue weighted by Gasteiger charge is 2.13. The third-order valence-electron chi connectivity index (χ3n) is 2.57. The van der Waals surface area contributed by atoms with E-state index in [4.69, 9.17) is 0 Å². The second-order valence-corrected chi connectivity index (χ2v) is 4.05. The molecule has 0 amide bonds. The molecule has 0 unspecified atom stereocenters. The number of nitro groups is 1. The number of nitrogens with zero attached hydrogens (tertiary/aromatic N) is 1. The second kappa shape index (κ2) is 5.60. The van der Waals surface area contributed by atoms with Crippen LogP contribution in [-0.4, -0.2) is 4.92 Å². The van der Waals surface area contributed by atoms with E-state index in [1.54, 1.807) is 0 Å². The van der Waals surface area contributed by atoms with E-state index in [9.17, 15) is 23.3 Å². The summed E-state index contributed by atoms with van der Waals surface area (Å²) < 4.78 is 39.3. The fourth-order valence-corrected chi connectivity index (χ4v) is 1.67. The lowest BCUT2D eigenvalue weighted by molar-refractivity contribution is -0.387. The molecule has 2 rings (SSSR count). The Morgan fingerprint density at radius 2 is 1.70 bits per heavy atom. The van der Waals surface area contributed by atoms with E-state index in [1.165, 1.54) is 6.07 Å². The lowest BCUT2D eigenvalue weighted by Gasteiger charge is -2.07. The Hall–Kier alpha value is -2.57. The van der Waals surface area contributed by atoms with Gasteiger partial charge in [0.1, 0.15) is 11.6 Å². The minimum atomic E-state index is -0.959. The first-order valence-corrected chi connectivity index (χ1v) is 5.58. The average Bonchev–Trinajstić information content (AvgIpc) is 2.35. The predicted molar refractivity (Wildman–Crippen MR) is 66.7 cm³/mol. The van der Waals surface area contributed by atoms with Crippen molar-refractivity contribution in [3.05, 3.63) is 69.5 Å². The molecule has 0 aliphatic carbocycles. The Bertz CT molecular complexity index is 642. The van der Waals surface area contributed by atoms with Crippen LogP contribution in [0.5, 0.6) is 0 Å². The molecule has 0 bridgehead atoms. The van der Waals surface area contributed by atoms with Crippen molar-refractivity contribution in [1.82, 2.24) is 0 Å². The summed E-state index contributed by atoms with van der Waals surface area (Å²) in [6.07, 6.45) is 0. The molecule has 1 N–H and O–H groups in total. The molecule has 0 aliphatic rings. The van der Waals surface area contributed by atoms with Crippen LogP contribution in [0.4, 0.5) is 24.5 Å². The molecule has 4 nitrogen and oxygen atoms in total. The van der Waals surface area contributed by atoms with Gasteiger partial charge in [-0.15, -0.1) is 0 Å². The largest absolute Gasteiger partial charge is 0.381 e. The number of hydrogen-bond donors (Lipinski definition) is 1. The molecule has 0 aromatic heterocycles. The summed E-state index contributed by atoms with van der Waals surface area (Å²) in [6, 6.07) is 6.32. The Morgan fingerprint density at radius 3 is 2.25 bits per heavy atom. The molecule has 2 aromatic rings. The second-order valence-electron chi connectivity index (χ2n) is 4.05. The lowest BCUT2D eigenvalue weighted by Crippen LogP contribution is -2.02. The van der Waals surface area contributed by atoms with Gasteiger partial charge in [-0.3, -0.25) is 10.1 Å². The molecule has 0 heterocycles. The topological polar surface area (TPSA) is 55.2 Å². The smallest absolute Gasteiger partial charge is 0.304 e. The summed E-state index contributed by atoms with van der Waals surface area (Å²) in [5.41, 5.74) is -0.00965. The van der Waals surface area contributed by atoms with E-state index >= 15 is 0 Å². The molecule has 7 heteroatoms. The zero-order valence-corrected chi connectivity index (χ0v) is 10.1. The van der Waals surface area contributed by atoms with Gasteiger partial charge in [0.2, 0.25) is 5.82 Å². The first kappa shape index (κ1) is 13.9. The quantitative estimate of drug-likeness (QED) is 0.688. The molecular weight excluding hydrogens is 273 g/mol. The maximum atomic E-state index is 13.4. The van der Waals surface area contributed by atoms with Crippen LogP contribution in [0, 0.1) is 27.6 Å². The van der Waals surface area contributed by atoms with Crippen LogP contribution in [0.2, 0.25) is 0 Å². The van der Waals surface area contributed by atoms with Crippen molar-refractivity contribution >= 4 is 11.4 Å². The highest BCUT2D eigenvalue weighted by Crippen LogP contribution is 2.19. The minimum absolute atomic E-state index is 0.0812. The highest BCUT2D eigenvalue weighted by atomic mass is 19.1. The number of anilines is 1. The molecule has 0 aliphatic heterocycles. The van der Waals surface area contributed by atoms with E-state index in [2.05, 4.69) is 5.32 Å². The van der Waals surface area contributed by atoms with Crippen LogP contribution in [-0.2, 0) is 6.54 Å². The summed E-state index contributed by atoms with van der Waals surface area (Å²) >= 11 is 0. The van der Waals surface area contributed by atoms with E-state index in [0.29, 0.717) is 5.56 Å². The van der Waals surface area contributed by atoms with Gasteiger partial charge in [-0.05, 0) is 23.8 Å². The van der Waals surface area contributed by atoms with Gasteiger partial charge in [-0.1, -0.05) is 6.07 Å². The van der Waals surface area contributed by atoms with Crippen LogP contribution in [0.1, 0.15) is 5.56 Å². The summed E-state index contributed by atoms with van der Waals surface area (Å²) in [5.74, 6) is -2.43. The van der Waals surface area contributed by atoms with Crippen molar-refractivity contribution in [2.75, 3.05) is 5.32 Å². The monoisotopic (exact) mass is 282 g/mol. The molecule has 0 fully saturated rings. The van der Waals surface area contributed by atoms with Crippen molar-refractivity contribution in [3.63, 3.8) is 0 Å². The Labute approximate surface area is 112 Å². The van der Waals surface area contributed by atoms with Crippen molar-refractivity contribution < 1.29 is 18.1 Å². The molecule has 0 saturated heterocycles. The Balaban J connectivity index is 2.11. The number of nitrogens with one attached hydrogen (secondary N) is 1. The maximum absolute atomic E-state index is 13.4. The minimum Gasteiger partial charge on any atom is -0.381 e. The molecule has 0 radical (unpaired) electrons. The zero-order chi connectivity index (χ0) is 14.7. The molecule has 0 atom stereocenters. The van der Waals surface area contributed by atoms with Gasteiger partial charge in [-0.25, -0.2) is 8.78 Å². The van der Waals surface area contributed by atoms with Crippen molar-refractivity contribution in [2.24, 2.45) is 0 Å².